The quantitative estimate of drug-likeness (QED) is 0.345. The van der Waals surface area contributed by atoms with Crippen molar-refractivity contribution in [2.75, 3.05) is 4.72 Å². The third-order valence-electron chi connectivity index (χ3n) is 5.09. The van der Waals surface area contributed by atoms with Gasteiger partial charge in [-0.1, -0.05) is 59.6 Å². The minimum Gasteiger partial charge on any atom is -0.348 e. The number of amides is 1. The minimum absolute atomic E-state index is 0.0710. The summed E-state index contributed by atoms with van der Waals surface area (Å²) in [5.41, 5.74) is 2.11. The van der Waals surface area contributed by atoms with Crippen LogP contribution in [0, 0.1) is 11.3 Å². The van der Waals surface area contributed by atoms with Crippen LogP contribution in [0.5, 0.6) is 0 Å². The van der Waals surface area contributed by atoms with Crippen LogP contribution in [0.25, 0.3) is 10.8 Å². The van der Waals surface area contributed by atoms with E-state index in [0.29, 0.717) is 27.6 Å². The summed E-state index contributed by atoms with van der Waals surface area (Å²) in [7, 11) is -3.98. The first kappa shape index (κ1) is 23.6. The highest BCUT2D eigenvalue weighted by atomic mass is 35.5. The van der Waals surface area contributed by atoms with Crippen molar-refractivity contribution in [1.29, 1.82) is 5.26 Å². The van der Waals surface area contributed by atoms with Crippen LogP contribution in [0.4, 0.5) is 5.69 Å². The van der Waals surface area contributed by atoms with Gasteiger partial charge in [0.15, 0.2) is 0 Å². The normalized spacial score (nSPS) is 11.1. The molecule has 0 aliphatic rings. The zero-order chi connectivity index (χ0) is 24.3. The van der Waals surface area contributed by atoms with Crippen LogP contribution in [0.2, 0.25) is 10.0 Å². The van der Waals surface area contributed by atoms with Crippen molar-refractivity contribution in [3.63, 3.8) is 0 Å². The Kier molecular flexibility index (Phi) is 6.75. The fraction of sp³-hybridized carbons (Fsp3) is 0.0400. The smallest absolute Gasteiger partial charge is 0.262 e. The van der Waals surface area contributed by atoms with Crippen molar-refractivity contribution in [2.45, 2.75) is 11.4 Å². The highest BCUT2D eigenvalue weighted by Crippen LogP contribution is 2.29. The maximum Gasteiger partial charge on any atom is 0.262 e. The number of carbonyl (C=O) groups excluding carboxylic acids is 1. The van der Waals surface area contributed by atoms with Crippen molar-refractivity contribution in [2.24, 2.45) is 0 Å². The van der Waals surface area contributed by atoms with E-state index >= 15 is 0 Å². The second-order valence-corrected chi connectivity index (χ2v) is 9.96. The molecule has 0 radical (unpaired) electrons. The first-order valence-electron chi connectivity index (χ1n) is 10.0. The standard InChI is InChI=1S/C25H17Cl2N3O3S/c26-18-11-19(27)13-20(12-18)34(32,33)30-24-6-2-3-21-22(24)4-1-5-23(21)25(31)29-15-17-9-7-16(14-28)8-10-17/h1-13,30H,15H2,(H,29,31). The lowest BCUT2D eigenvalue weighted by Gasteiger charge is -2.13. The van der Waals surface area contributed by atoms with Gasteiger partial charge in [0, 0.05) is 27.5 Å². The van der Waals surface area contributed by atoms with Crippen LogP contribution in [-0.4, -0.2) is 14.3 Å². The number of benzene rings is 4. The summed E-state index contributed by atoms with van der Waals surface area (Å²) in [6.45, 7) is 0.281. The van der Waals surface area contributed by atoms with Gasteiger partial charge in [0.1, 0.15) is 0 Å². The number of sulfonamides is 1. The predicted octanol–water partition coefficient (Wildman–Crippen LogP) is 5.75. The number of carbonyl (C=O) groups is 1. The van der Waals surface area contributed by atoms with E-state index in [9.17, 15) is 13.2 Å². The second-order valence-electron chi connectivity index (χ2n) is 7.41. The molecule has 4 aromatic rings. The van der Waals surface area contributed by atoms with E-state index < -0.39 is 10.0 Å². The maximum absolute atomic E-state index is 12.9. The van der Waals surface area contributed by atoms with Crippen molar-refractivity contribution < 1.29 is 13.2 Å². The molecule has 9 heteroatoms. The molecule has 0 aromatic heterocycles. The van der Waals surface area contributed by atoms with Crippen LogP contribution in [0.3, 0.4) is 0 Å². The lowest BCUT2D eigenvalue weighted by atomic mass is 10.0. The molecule has 0 unspecified atom stereocenters. The molecule has 0 aliphatic heterocycles. The van der Waals surface area contributed by atoms with Gasteiger partial charge in [-0.3, -0.25) is 9.52 Å². The van der Waals surface area contributed by atoms with E-state index in [-0.39, 0.29) is 27.4 Å². The van der Waals surface area contributed by atoms with E-state index in [1.165, 1.54) is 18.2 Å². The average Bonchev–Trinajstić information content (AvgIpc) is 2.82. The lowest BCUT2D eigenvalue weighted by Crippen LogP contribution is -2.23. The van der Waals surface area contributed by atoms with E-state index in [1.807, 2.05) is 0 Å². The third-order valence-corrected chi connectivity index (χ3v) is 6.87. The number of hydrogen-bond donors (Lipinski definition) is 2. The molecule has 0 spiro atoms. The average molecular weight is 510 g/mol. The zero-order valence-corrected chi connectivity index (χ0v) is 19.9. The summed E-state index contributed by atoms with van der Waals surface area (Å²) in [6.07, 6.45) is 0. The van der Waals surface area contributed by atoms with Crippen LogP contribution in [0.1, 0.15) is 21.5 Å². The number of halogens is 2. The Morgan fingerprint density at radius 3 is 2.21 bits per heavy atom. The molecule has 0 saturated heterocycles. The number of rotatable bonds is 6. The van der Waals surface area contributed by atoms with Gasteiger partial charge >= 0.3 is 0 Å². The van der Waals surface area contributed by atoms with Gasteiger partial charge in [-0.05, 0) is 53.4 Å². The molecule has 34 heavy (non-hydrogen) atoms. The second kappa shape index (κ2) is 9.74. The molecule has 0 bridgehead atoms. The Morgan fingerprint density at radius 2 is 1.53 bits per heavy atom. The molecule has 2 N–H and O–H groups in total. The van der Waals surface area contributed by atoms with Crippen molar-refractivity contribution >= 4 is 55.6 Å². The molecular formula is C25H17Cl2N3O3S. The molecule has 1 amide bonds. The lowest BCUT2D eigenvalue weighted by molar-refractivity contribution is 0.0952. The molecule has 0 saturated carbocycles. The molecule has 170 valence electrons. The van der Waals surface area contributed by atoms with Gasteiger partial charge in [-0.15, -0.1) is 0 Å². The van der Waals surface area contributed by atoms with Gasteiger partial charge in [0.25, 0.3) is 15.9 Å². The Balaban J connectivity index is 1.61. The molecule has 4 rings (SSSR count). The summed E-state index contributed by atoms with van der Waals surface area (Å²) in [5.74, 6) is -0.309. The van der Waals surface area contributed by atoms with E-state index in [2.05, 4.69) is 16.1 Å². The number of nitrogens with one attached hydrogen (secondary N) is 2. The highest BCUT2D eigenvalue weighted by Gasteiger charge is 2.18. The number of nitrogens with zero attached hydrogens (tertiary/aromatic N) is 1. The number of fused-ring (bicyclic) bond motifs is 1. The van der Waals surface area contributed by atoms with Crippen LogP contribution < -0.4 is 10.0 Å². The van der Waals surface area contributed by atoms with E-state index in [4.69, 9.17) is 28.5 Å². The van der Waals surface area contributed by atoms with Crippen LogP contribution in [-0.2, 0) is 16.6 Å². The summed E-state index contributed by atoms with van der Waals surface area (Å²) in [5, 5.41) is 13.3. The minimum atomic E-state index is -3.98. The van der Waals surface area contributed by atoms with Crippen molar-refractivity contribution in [3.05, 3.63) is 106 Å². The summed E-state index contributed by atoms with van der Waals surface area (Å²) in [6, 6.07) is 23.2. The van der Waals surface area contributed by atoms with Crippen molar-refractivity contribution in [1.82, 2.24) is 5.32 Å². The molecular weight excluding hydrogens is 493 g/mol. The van der Waals surface area contributed by atoms with Gasteiger partial charge < -0.3 is 5.32 Å². The molecule has 6 nitrogen and oxygen atoms in total. The topological polar surface area (TPSA) is 99.1 Å². The Labute approximate surface area is 206 Å². The molecule has 0 aliphatic carbocycles. The zero-order valence-electron chi connectivity index (χ0n) is 17.5. The number of hydrogen-bond acceptors (Lipinski definition) is 4. The molecule has 0 heterocycles. The highest BCUT2D eigenvalue weighted by molar-refractivity contribution is 7.92. The van der Waals surface area contributed by atoms with Gasteiger partial charge in [-0.25, -0.2) is 8.42 Å². The van der Waals surface area contributed by atoms with E-state index in [0.717, 1.165) is 5.56 Å². The maximum atomic E-state index is 12.9. The predicted molar refractivity (Wildman–Crippen MR) is 134 cm³/mol. The number of anilines is 1. The van der Waals surface area contributed by atoms with Gasteiger partial charge in [-0.2, -0.15) is 5.26 Å². The Bertz CT molecular complexity index is 1530. The van der Waals surface area contributed by atoms with Crippen molar-refractivity contribution in [3.8, 4) is 6.07 Å². The van der Waals surface area contributed by atoms with E-state index in [1.54, 1.807) is 60.7 Å². The Morgan fingerprint density at radius 1 is 0.882 bits per heavy atom. The van der Waals surface area contributed by atoms with Crippen LogP contribution >= 0.6 is 23.2 Å². The molecule has 0 fully saturated rings. The fourth-order valence-corrected chi connectivity index (χ4v) is 5.26. The third kappa shape index (κ3) is 5.15. The molecule has 0 atom stereocenters. The largest absolute Gasteiger partial charge is 0.348 e. The van der Waals surface area contributed by atoms with Gasteiger partial charge in [0.2, 0.25) is 0 Å². The van der Waals surface area contributed by atoms with Crippen LogP contribution in [0.15, 0.2) is 83.8 Å². The summed E-state index contributed by atoms with van der Waals surface area (Å²) < 4.78 is 28.5. The molecule has 4 aromatic carbocycles. The summed E-state index contributed by atoms with van der Waals surface area (Å²) in [4.78, 5) is 12.8. The first-order valence-corrected chi connectivity index (χ1v) is 12.3. The first-order chi connectivity index (χ1) is 16.3. The number of nitriles is 1. The Hall–Kier alpha value is -3.57. The fourth-order valence-electron chi connectivity index (χ4n) is 3.46. The monoisotopic (exact) mass is 509 g/mol. The summed E-state index contributed by atoms with van der Waals surface area (Å²) >= 11 is 11.9. The SMILES string of the molecule is N#Cc1ccc(CNC(=O)c2cccc3c(NS(=O)(=O)c4cc(Cl)cc(Cl)c4)cccc23)cc1. The van der Waals surface area contributed by atoms with Gasteiger partial charge in [0.05, 0.1) is 22.2 Å².